The van der Waals surface area contributed by atoms with Gasteiger partial charge in [-0.1, -0.05) is 223 Å². The molecule has 0 aliphatic heterocycles. The van der Waals surface area contributed by atoms with Crippen molar-refractivity contribution >= 4 is 33.7 Å². The third kappa shape index (κ3) is 70.2. The van der Waals surface area contributed by atoms with E-state index in [2.05, 4.69) is 225 Å². The highest BCUT2D eigenvalue weighted by Gasteiger charge is 2.14. The number of rotatable bonds is 51. The first-order valence-corrected chi connectivity index (χ1v) is 34.5. The summed E-state index contributed by atoms with van der Waals surface area (Å²) in [4.78, 5) is 34.6. The molecule has 0 aromatic carbocycles. The Balaban J connectivity index is -0.00000123. The lowest BCUT2D eigenvalue weighted by Gasteiger charge is -2.19. The number of allylic oxidation sites excluding steroid dienone is 24. The van der Waals surface area contributed by atoms with Crippen molar-refractivity contribution in [2.45, 2.75) is 260 Å². The van der Waals surface area contributed by atoms with Gasteiger partial charge in [0.15, 0.2) is 0 Å². The normalized spacial score (nSPS) is 13.8. The summed E-state index contributed by atoms with van der Waals surface area (Å²) in [5.74, 6) is 0.0251. The lowest BCUT2D eigenvalue weighted by Crippen LogP contribution is -2.34. The van der Waals surface area contributed by atoms with Gasteiger partial charge in [0.1, 0.15) is 0 Å². The van der Waals surface area contributed by atoms with E-state index in [1.807, 2.05) is 0 Å². The molecule has 3 atom stereocenters. The third-order valence-electron chi connectivity index (χ3n) is 13.8. The van der Waals surface area contributed by atoms with E-state index in [0.29, 0.717) is 31.1 Å². The molecule has 0 radical (unpaired) electrons. The third-order valence-corrected chi connectivity index (χ3v) is 14.4. The van der Waals surface area contributed by atoms with Gasteiger partial charge in [-0.2, -0.15) is 5.26 Å². The lowest BCUT2D eigenvalue weighted by molar-refractivity contribution is -0.122. The molecule has 11 nitrogen and oxygen atoms in total. The Kier molecular flexibility index (Phi) is 63.2. The number of carbonyl (C=O) groups excluding carboxylic acids is 3. The van der Waals surface area contributed by atoms with Crippen molar-refractivity contribution in [1.82, 2.24) is 16.0 Å². The van der Waals surface area contributed by atoms with E-state index in [1.165, 1.54) is 19.3 Å². The van der Waals surface area contributed by atoms with Crippen LogP contribution in [0.2, 0.25) is 0 Å². The number of alkyl halides is 1. The summed E-state index contributed by atoms with van der Waals surface area (Å²) in [7, 11) is 0. The van der Waals surface area contributed by atoms with Crippen LogP contribution in [0, 0.1) is 27.6 Å². The molecular weight excluding hydrogens is 1160 g/mol. The summed E-state index contributed by atoms with van der Waals surface area (Å²) in [5.41, 5.74) is 0.706. The number of carbonyl (C=O) groups is 3. The monoisotopic (exact) mass is 1290 g/mol. The quantitative estimate of drug-likeness (QED) is 0.0178. The van der Waals surface area contributed by atoms with Gasteiger partial charge in [-0.3, -0.25) is 14.4 Å². The van der Waals surface area contributed by atoms with Crippen LogP contribution in [0.25, 0.3) is 0 Å². The molecule has 88 heavy (non-hydrogen) atoms. The highest BCUT2D eigenvalue weighted by molar-refractivity contribution is 9.09. The highest BCUT2D eigenvalue weighted by Crippen LogP contribution is 2.27. The second-order valence-electron chi connectivity index (χ2n) is 24.9. The van der Waals surface area contributed by atoms with Crippen LogP contribution < -0.4 is 16.0 Å². The van der Waals surface area contributed by atoms with Gasteiger partial charge >= 0.3 is 0 Å². The molecule has 0 aliphatic carbocycles. The molecular formula is C76H127BrN4O7. The van der Waals surface area contributed by atoms with Gasteiger partial charge in [-0.15, -0.1) is 0 Å². The Morgan fingerprint density at radius 2 is 0.636 bits per heavy atom. The van der Waals surface area contributed by atoms with Gasteiger partial charge in [-0.05, 0) is 172 Å². The predicted octanol–water partition coefficient (Wildman–Crippen LogP) is 18.0. The van der Waals surface area contributed by atoms with E-state index in [4.69, 9.17) is 25.7 Å². The summed E-state index contributed by atoms with van der Waals surface area (Å²) in [5, 5.41) is 53.4. The van der Waals surface area contributed by atoms with E-state index in [9.17, 15) is 14.4 Å². The fourth-order valence-electron chi connectivity index (χ4n) is 8.39. The standard InChI is InChI=1S/C26H42N2O2.C25H42BrNO2.C25H43NO3/c1-24(23-29)28-25(30)19-15-12-10-8-6-4-5-7-9-11-13-16-20-26(2,3)21-17-14-18-22-27;1-23(22-28)27-24(29)18-14-12-10-8-6-4-5-7-9-11-13-15-19-25(2,3)20-16-17-21-26;1-23(22-28)26-24(29)18-14-12-10-8-6-4-5-7-9-11-13-15-19-25(2,3)20-16-17-21-27/h4-5,8-11,16,20,24,29H,6-7,12-15,17-19,21,23H2,1-3H3,(H,28,30);4-5,8-11,15,19,23,28H,6-7,12-14,16-18,20-22H2,1-3H3,(H,27,29);4-5,8-11,15,19,23,27-28H,6-7,12-14,16-18,20-22H2,1-3H3,(H,26,29)/b5-4-,10-8-,11-9-,20-16-;2*5-4-,10-8-,11-9-,19-15-/t24-;2*23-/m111/s1. The summed E-state index contributed by atoms with van der Waals surface area (Å²) in [6.07, 6.45) is 78.8. The van der Waals surface area contributed by atoms with Crippen LogP contribution in [0.15, 0.2) is 146 Å². The molecule has 0 aliphatic rings. The van der Waals surface area contributed by atoms with Gasteiger partial charge in [-0.25, -0.2) is 0 Å². The Morgan fingerprint density at radius 3 is 0.886 bits per heavy atom. The SMILES string of the molecule is C[C@H](CO)NC(=O)CCC/C=C\C/C=C\C/C=C\C/C=C\C(C)(C)CCCCBr.C[C@H](CO)NC(=O)CCC/C=C\C/C=C\C/C=C\C/C=C\C(C)(C)CCCCC#N.C[C@H](CO)NC(=O)CCC/C=C\C/C=C\C/C=C\C/C=C\C(C)(C)CCCCO. The van der Waals surface area contributed by atoms with Crippen molar-refractivity contribution in [3.8, 4) is 6.07 Å². The Hall–Kier alpha value is -4.90. The maximum atomic E-state index is 11.5. The highest BCUT2D eigenvalue weighted by atomic mass is 79.9. The number of nitrogens with zero attached hydrogens (tertiary/aromatic N) is 1. The average molecular weight is 1290 g/mol. The number of amides is 3. The minimum absolute atomic E-state index is 0.00522. The summed E-state index contributed by atoms with van der Waals surface area (Å²) in [6, 6.07) is 1.72. The predicted molar refractivity (Wildman–Crippen MR) is 381 cm³/mol. The first-order valence-electron chi connectivity index (χ1n) is 33.4. The zero-order valence-electron chi connectivity index (χ0n) is 56.8. The van der Waals surface area contributed by atoms with Gasteiger partial charge in [0.25, 0.3) is 0 Å². The van der Waals surface area contributed by atoms with Crippen LogP contribution in [0.5, 0.6) is 0 Å². The van der Waals surface area contributed by atoms with Crippen LogP contribution in [0.3, 0.4) is 0 Å². The van der Waals surface area contributed by atoms with Gasteiger partial charge in [0.05, 0.1) is 25.9 Å². The van der Waals surface area contributed by atoms with Crippen LogP contribution in [0.4, 0.5) is 0 Å². The van der Waals surface area contributed by atoms with Gasteiger partial charge < -0.3 is 36.4 Å². The number of nitrogens with one attached hydrogen (secondary N) is 3. The first-order chi connectivity index (χ1) is 42.2. The number of halogens is 1. The van der Waals surface area contributed by atoms with E-state index in [0.717, 1.165) is 140 Å². The largest absolute Gasteiger partial charge is 0.396 e. The lowest BCUT2D eigenvalue weighted by atomic mass is 9.86. The fourth-order valence-corrected chi connectivity index (χ4v) is 8.78. The van der Waals surface area contributed by atoms with Crippen molar-refractivity contribution in [2.24, 2.45) is 16.2 Å². The molecule has 0 saturated heterocycles. The molecule has 0 fully saturated rings. The van der Waals surface area contributed by atoms with E-state index in [1.54, 1.807) is 20.8 Å². The zero-order chi connectivity index (χ0) is 66.1. The number of aliphatic hydroxyl groups is 4. The Bertz CT molecular complexity index is 2010. The smallest absolute Gasteiger partial charge is 0.220 e. The molecule has 7 N–H and O–H groups in total. The maximum absolute atomic E-state index is 11.5. The molecule has 3 amide bonds. The van der Waals surface area contributed by atoms with Crippen LogP contribution in [-0.2, 0) is 14.4 Å². The molecule has 0 heterocycles. The number of unbranched alkanes of at least 4 members (excludes halogenated alkanes) is 7. The molecule has 500 valence electrons. The molecule has 0 aromatic heterocycles. The summed E-state index contributed by atoms with van der Waals surface area (Å²) < 4.78 is 0. The Labute approximate surface area is 546 Å². The van der Waals surface area contributed by atoms with E-state index in [-0.39, 0.29) is 73.1 Å². The van der Waals surface area contributed by atoms with Crippen molar-refractivity contribution < 1.29 is 34.8 Å². The minimum atomic E-state index is -0.166. The van der Waals surface area contributed by atoms with Crippen LogP contribution in [0.1, 0.15) is 242 Å². The van der Waals surface area contributed by atoms with Gasteiger partial charge in [0, 0.05) is 55.7 Å². The summed E-state index contributed by atoms with van der Waals surface area (Å²) >= 11 is 3.49. The van der Waals surface area contributed by atoms with Crippen molar-refractivity contribution in [1.29, 1.82) is 5.26 Å². The van der Waals surface area contributed by atoms with Crippen molar-refractivity contribution in [3.05, 3.63) is 146 Å². The maximum Gasteiger partial charge on any atom is 0.220 e. The van der Waals surface area contributed by atoms with E-state index >= 15 is 0 Å². The molecule has 0 aromatic rings. The molecule has 12 heteroatoms. The fraction of sp³-hybridized carbons (Fsp3) is 0.632. The summed E-state index contributed by atoms with van der Waals surface area (Å²) in [6.45, 7) is 19.2. The average Bonchev–Trinajstić information content (AvgIpc) is 3.59. The van der Waals surface area contributed by atoms with Crippen molar-refractivity contribution in [2.75, 3.05) is 31.8 Å². The second-order valence-corrected chi connectivity index (χ2v) is 25.7. The van der Waals surface area contributed by atoms with Crippen LogP contribution in [-0.4, -0.2) is 88.0 Å². The topological polar surface area (TPSA) is 192 Å². The Morgan fingerprint density at radius 1 is 0.386 bits per heavy atom. The van der Waals surface area contributed by atoms with Crippen molar-refractivity contribution in [3.63, 3.8) is 0 Å². The molecule has 0 bridgehead atoms. The van der Waals surface area contributed by atoms with Gasteiger partial charge in [0.2, 0.25) is 17.7 Å². The molecule has 0 rings (SSSR count). The second kappa shape index (κ2) is 63.7. The number of aliphatic hydroxyl groups excluding tert-OH is 4. The zero-order valence-corrected chi connectivity index (χ0v) is 58.3. The number of hydrogen-bond acceptors (Lipinski definition) is 8. The van der Waals surface area contributed by atoms with Crippen LogP contribution >= 0.6 is 15.9 Å². The van der Waals surface area contributed by atoms with E-state index < -0.39 is 0 Å². The minimum Gasteiger partial charge on any atom is -0.396 e. The molecule has 0 unspecified atom stereocenters. The molecule has 0 spiro atoms. The number of hydrogen-bond donors (Lipinski definition) is 7. The first kappa shape index (κ1) is 87.3. The molecule has 0 saturated carbocycles. The number of nitriles is 1.